The van der Waals surface area contributed by atoms with Gasteiger partial charge in [-0.15, -0.1) is 0 Å². The molecule has 2 amide bonds. The quantitative estimate of drug-likeness (QED) is 0.915. The van der Waals surface area contributed by atoms with Crippen LogP contribution in [0, 0.1) is 0 Å². The summed E-state index contributed by atoms with van der Waals surface area (Å²) in [6, 6.07) is 12.6. The molecule has 2 aromatic rings. The minimum atomic E-state index is -0.207. The maximum atomic E-state index is 12.8. The third-order valence-electron chi connectivity index (χ3n) is 4.17. The Bertz CT molecular complexity index is 763. The highest BCUT2D eigenvalue weighted by Crippen LogP contribution is 2.35. The molecule has 0 aliphatic carbocycles. The number of methoxy groups -OCH3 is 2. The van der Waals surface area contributed by atoms with Crippen molar-refractivity contribution in [3.8, 4) is 17.2 Å². The second-order valence-corrected chi connectivity index (χ2v) is 5.73. The first-order valence-corrected chi connectivity index (χ1v) is 8.22. The van der Waals surface area contributed by atoms with Crippen LogP contribution < -0.4 is 24.4 Å². The fourth-order valence-corrected chi connectivity index (χ4v) is 2.81. The predicted octanol–water partition coefficient (Wildman–Crippen LogP) is 3.91. The number of hydrogen-bond acceptors (Lipinski definition) is 4. The molecule has 6 nitrogen and oxygen atoms in total. The summed E-state index contributed by atoms with van der Waals surface area (Å²) in [7, 11) is 3.14. The Balaban J connectivity index is 1.83. The zero-order chi connectivity index (χ0) is 17.8. The van der Waals surface area contributed by atoms with Gasteiger partial charge in [-0.3, -0.25) is 4.90 Å². The molecule has 0 bridgehead atoms. The Morgan fingerprint density at radius 3 is 2.68 bits per heavy atom. The van der Waals surface area contributed by atoms with E-state index in [1.54, 1.807) is 37.3 Å². The molecule has 1 atom stereocenters. The first-order valence-electron chi connectivity index (χ1n) is 8.22. The molecule has 132 valence electrons. The highest BCUT2D eigenvalue weighted by atomic mass is 16.5. The molecule has 0 saturated heterocycles. The van der Waals surface area contributed by atoms with Crippen LogP contribution in [0.4, 0.5) is 16.2 Å². The van der Waals surface area contributed by atoms with Crippen molar-refractivity contribution in [2.75, 3.05) is 31.0 Å². The van der Waals surface area contributed by atoms with E-state index in [-0.39, 0.29) is 12.1 Å². The molecule has 0 radical (unpaired) electrons. The molecule has 1 N–H and O–H groups in total. The topological polar surface area (TPSA) is 60.0 Å². The van der Waals surface area contributed by atoms with Crippen molar-refractivity contribution < 1.29 is 19.0 Å². The number of carbonyl (C=O) groups is 1. The first-order chi connectivity index (χ1) is 12.2. The maximum Gasteiger partial charge on any atom is 0.326 e. The molecular weight excluding hydrogens is 320 g/mol. The maximum absolute atomic E-state index is 12.8. The Labute approximate surface area is 147 Å². The van der Waals surface area contributed by atoms with Crippen molar-refractivity contribution in [3.63, 3.8) is 0 Å². The molecule has 1 aliphatic heterocycles. The number of hydrogen-bond donors (Lipinski definition) is 1. The SMILES string of the molecule is CC[C@@H]1CN(C(=O)Nc2ccc(OC)c(OC)c2)c2ccccc2O1. The first kappa shape index (κ1) is 17.0. The van der Waals surface area contributed by atoms with E-state index in [0.29, 0.717) is 23.7 Å². The number of urea groups is 1. The van der Waals surface area contributed by atoms with Gasteiger partial charge in [-0.05, 0) is 30.7 Å². The zero-order valence-corrected chi connectivity index (χ0v) is 14.6. The Hall–Kier alpha value is -2.89. The van der Waals surface area contributed by atoms with Gasteiger partial charge in [0, 0.05) is 11.8 Å². The average molecular weight is 342 g/mol. The van der Waals surface area contributed by atoms with Crippen LogP contribution in [0.3, 0.4) is 0 Å². The van der Waals surface area contributed by atoms with Crippen molar-refractivity contribution in [1.82, 2.24) is 0 Å². The number of nitrogens with one attached hydrogen (secondary N) is 1. The standard InChI is InChI=1S/C19H22N2O4/c1-4-14-12-21(15-7-5-6-8-16(15)25-14)19(22)20-13-9-10-17(23-2)18(11-13)24-3/h5-11,14H,4,12H2,1-3H3,(H,20,22)/t14-/m1/s1. The number of para-hydroxylation sites is 2. The fourth-order valence-electron chi connectivity index (χ4n) is 2.81. The lowest BCUT2D eigenvalue weighted by atomic mass is 10.1. The van der Waals surface area contributed by atoms with Crippen LogP contribution in [0.5, 0.6) is 17.2 Å². The van der Waals surface area contributed by atoms with E-state index in [9.17, 15) is 4.79 Å². The van der Waals surface area contributed by atoms with E-state index in [1.165, 1.54) is 0 Å². The van der Waals surface area contributed by atoms with E-state index in [4.69, 9.17) is 14.2 Å². The lowest BCUT2D eigenvalue weighted by Crippen LogP contribution is -2.45. The molecular formula is C19H22N2O4. The van der Waals surface area contributed by atoms with Crippen LogP contribution in [0.25, 0.3) is 0 Å². The smallest absolute Gasteiger partial charge is 0.326 e. The number of fused-ring (bicyclic) bond motifs is 1. The molecule has 3 rings (SSSR count). The zero-order valence-electron chi connectivity index (χ0n) is 14.6. The lowest BCUT2D eigenvalue weighted by molar-refractivity contribution is 0.188. The molecule has 2 aromatic carbocycles. The van der Waals surface area contributed by atoms with Gasteiger partial charge in [0.2, 0.25) is 0 Å². The molecule has 1 heterocycles. The molecule has 0 saturated carbocycles. The number of benzene rings is 2. The Kier molecular flexibility index (Phi) is 4.97. The molecule has 0 spiro atoms. The Morgan fingerprint density at radius 1 is 1.20 bits per heavy atom. The number of carbonyl (C=O) groups excluding carboxylic acids is 1. The van der Waals surface area contributed by atoms with Crippen molar-refractivity contribution in [3.05, 3.63) is 42.5 Å². The van der Waals surface area contributed by atoms with Gasteiger partial charge in [0.05, 0.1) is 26.5 Å². The number of nitrogens with zero attached hydrogens (tertiary/aromatic N) is 1. The average Bonchev–Trinajstić information content (AvgIpc) is 2.66. The van der Waals surface area contributed by atoms with E-state index in [0.717, 1.165) is 17.9 Å². The van der Waals surface area contributed by atoms with Gasteiger partial charge in [0.1, 0.15) is 11.9 Å². The molecule has 0 aromatic heterocycles. The summed E-state index contributed by atoms with van der Waals surface area (Å²) in [6.45, 7) is 2.55. The summed E-state index contributed by atoms with van der Waals surface area (Å²) in [5, 5.41) is 2.92. The number of ether oxygens (including phenoxy) is 3. The minimum Gasteiger partial charge on any atom is -0.493 e. The fraction of sp³-hybridized carbons (Fsp3) is 0.316. The van der Waals surface area contributed by atoms with E-state index in [2.05, 4.69) is 5.32 Å². The molecule has 0 fully saturated rings. The van der Waals surface area contributed by atoms with E-state index < -0.39 is 0 Å². The van der Waals surface area contributed by atoms with E-state index in [1.807, 2.05) is 31.2 Å². The summed E-state index contributed by atoms with van der Waals surface area (Å²) in [5.41, 5.74) is 1.41. The van der Waals surface area contributed by atoms with Crippen LogP contribution in [0.2, 0.25) is 0 Å². The van der Waals surface area contributed by atoms with Gasteiger partial charge >= 0.3 is 6.03 Å². The highest BCUT2D eigenvalue weighted by Gasteiger charge is 2.28. The largest absolute Gasteiger partial charge is 0.493 e. The lowest BCUT2D eigenvalue weighted by Gasteiger charge is -2.34. The van der Waals surface area contributed by atoms with Crippen LogP contribution >= 0.6 is 0 Å². The van der Waals surface area contributed by atoms with Crippen molar-refractivity contribution in [2.24, 2.45) is 0 Å². The van der Waals surface area contributed by atoms with Crippen LogP contribution in [0.15, 0.2) is 42.5 Å². The van der Waals surface area contributed by atoms with Gasteiger partial charge in [-0.1, -0.05) is 19.1 Å². The highest BCUT2D eigenvalue weighted by molar-refractivity contribution is 6.03. The third-order valence-corrected chi connectivity index (χ3v) is 4.17. The normalized spacial score (nSPS) is 15.8. The second-order valence-electron chi connectivity index (χ2n) is 5.73. The summed E-state index contributed by atoms with van der Waals surface area (Å²) in [4.78, 5) is 14.5. The number of rotatable bonds is 4. The van der Waals surface area contributed by atoms with Crippen molar-refractivity contribution in [2.45, 2.75) is 19.4 Å². The Morgan fingerprint density at radius 2 is 1.96 bits per heavy atom. The van der Waals surface area contributed by atoms with Crippen LogP contribution in [-0.4, -0.2) is 32.9 Å². The van der Waals surface area contributed by atoms with Gasteiger partial charge in [-0.2, -0.15) is 0 Å². The second kappa shape index (κ2) is 7.34. The summed E-state index contributed by atoms with van der Waals surface area (Å²) >= 11 is 0. The molecule has 0 unspecified atom stereocenters. The predicted molar refractivity (Wildman–Crippen MR) is 97.1 cm³/mol. The van der Waals surface area contributed by atoms with E-state index >= 15 is 0 Å². The number of anilines is 2. The minimum absolute atomic E-state index is 0.0222. The van der Waals surface area contributed by atoms with Gasteiger partial charge in [0.25, 0.3) is 0 Å². The van der Waals surface area contributed by atoms with Crippen LogP contribution in [0.1, 0.15) is 13.3 Å². The summed E-state index contributed by atoms with van der Waals surface area (Å²) in [5.74, 6) is 1.90. The third kappa shape index (κ3) is 3.47. The van der Waals surface area contributed by atoms with Gasteiger partial charge in [-0.25, -0.2) is 4.79 Å². The van der Waals surface area contributed by atoms with Gasteiger partial charge in [0.15, 0.2) is 11.5 Å². The van der Waals surface area contributed by atoms with Crippen molar-refractivity contribution in [1.29, 1.82) is 0 Å². The summed E-state index contributed by atoms with van der Waals surface area (Å²) in [6.07, 6.45) is 0.806. The van der Waals surface area contributed by atoms with Crippen molar-refractivity contribution >= 4 is 17.4 Å². The molecule has 1 aliphatic rings. The summed E-state index contributed by atoms with van der Waals surface area (Å²) < 4.78 is 16.4. The number of amides is 2. The van der Waals surface area contributed by atoms with Crippen LogP contribution in [-0.2, 0) is 0 Å². The monoisotopic (exact) mass is 342 g/mol. The molecule has 25 heavy (non-hydrogen) atoms. The molecule has 6 heteroatoms. The van der Waals surface area contributed by atoms with Gasteiger partial charge < -0.3 is 19.5 Å².